The number of rotatable bonds is 6. The molecule has 0 radical (unpaired) electrons. The molecule has 1 aromatic heterocycles. The van der Waals surface area contributed by atoms with Crippen LogP contribution in [0.3, 0.4) is 0 Å². The Morgan fingerprint density at radius 1 is 1.23 bits per heavy atom. The monoisotopic (exact) mass is 392 g/mol. The van der Waals surface area contributed by atoms with Gasteiger partial charge in [-0.05, 0) is 43.3 Å². The van der Waals surface area contributed by atoms with Crippen LogP contribution >= 0.6 is 11.3 Å². The van der Waals surface area contributed by atoms with Crippen molar-refractivity contribution in [3.8, 4) is 0 Å². The number of amides is 1. The molecular formula is C19H24N2O3S2. The van der Waals surface area contributed by atoms with Gasteiger partial charge in [-0.2, -0.15) is 4.31 Å². The maximum Gasteiger partial charge on any atom is 0.243 e. The fourth-order valence-corrected chi connectivity index (χ4v) is 5.56. The van der Waals surface area contributed by atoms with Gasteiger partial charge in [0.2, 0.25) is 15.9 Å². The Bertz CT molecular complexity index is 830. The fourth-order valence-electron chi connectivity index (χ4n) is 3.23. The van der Waals surface area contributed by atoms with Gasteiger partial charge in [0.15, 0.2) is 0 Å². The van der Waals surface area contributed by atoms with Gasteiger partial charge in [-0.25, -0.2) is 8.42 Å². The number of hydrogen-bond acceptors (Lipinski definition) is 4. The molecule has 140 valence electrons. The molecule has 0 saturated carbocycles. The molecule has 1 saturated heterocycles. The van der Waals surface area contributed by atoms with E-state index in [-0.39, 0.29) is 18.4 Å². The van der Waals surface area contributed by atoms with Gasteiger partial charge in [0.05, 0.1) is 11.4 Å². The lowest BCUT2D eigenvalue weighted by atomic mass is 10.0. The van der Waals surface area contributed by atoms with Crippen LogP contribution in [0.25, 0.3) is 0 Å². The molecule has 1 atom stereocenters. The maximum atomic E-state index is 13.0. The number of benzene rings is 1. The molecular weight excluding hydrogens is 368 g/mol. The van der Waals surface area contributed by atoms with E-state index in [0.717, 1.165) is 29.7 Å². The van der Waals surface area contributed by atoms with Crippen LogP contribution in [0, 0.1) is 6.92 Å². The summed E-state index contributed by atoms with van der Waals surface area (Å²) in [5.74, 6) is -0.102. The highest BCUT2D eigenvalue weighted by Gasteiger charge is 2.34. The number of hydrogen-bond donors (Lipinski definition) is 1. The van der Waals surface area contributed by atoms with Crippen LogP contribution in [0.15, 0.2) is 46.7 Å². The Hall–Kier alpha value is -1.70. The van der Waals surface area contributed by atoms with Crippen molar-refractivity contribution >= 4 is 27.3 Å². The van der Waals surface area contributed by atoms with Gasteiger partial charge in [0.25, 0.3) is 0 Å². The van der Waals surface area contributed by atoms with E-state index in [1.54, 1.807) is 35.6 Å². The van der Waals surface area contributed by atoms with Crippen LogP contribution in [-0.2, 0) is 21.4 Å². The Morgan fingerprint density at radius 2 is 2.00 bits per heavy atom. The molecule has 0 aliphatic carbocycles. The molecule has 1 aliphatic heterocycles. The second-order valence-corrected chi connectivity index (χ2v) is 9.56. The molecule has 1 aliphatic rings. The Labute approximate surface area is 159 Å². The van der Waals surface area contributed by atoms with Crippen LogP contribution in [-0.4, -0.2) is 31.2 Å². The van der Waals surface area contributed by atoms with Crippen LogP contribution in [0.4, 0.5) is 0 Å². The first kappa shape index (κ1) is 19.1. The van der Waals surface area contributed by atoms with Crippen LogP contribution in [0.2, 0.25) is 0 Å². The number of carbonyl (C=O) groups excluding carboxylic acids is 1. The first-order chi connectivity index (χ1) is 12.5. The van der Waals surface area contributed by atoms with Crippen molar-refractivity contribution in [3.63, 3.8) is 0 Å². The predicted octanol–water partition coefficient (Wildman–Crippen LogP) is 3.31. The zero-order valence-electron chi connectivity index (χ0n) is 14.8. The average Bonchev–Trinajstić information content (AvgIpc) is 3.14. The second kappa shape index (κ2) is 8.33. The van der Waals surface area contributed by atoms with E-state index < -0.39 is 10.0 Å². The topological polar surface area (TPSA) is 66.5 Å². The number of carbonyl (C=O) groups is 1. The van der Waals surface area contributed by atoms with Crippen molar-refractivity contribution in [1.29, 1.82) is 0 Å². The third-order valence-electron chi connectivity index (χ3n) is 4.66. The minimum Gasteiger partial charge on any atom is -0.351 e. The molecule has 3 rings (SSSR count). The largest absolute Gasteiger partial charge is 0.351 e. The molecule has 1 amide bonds. The van der Waals surface area contributed by atoms with E-state index in [4.69, 9.17) is 0 Å². The fraction of sp³-hybridized carbons (Fsp3) is 0.421. The number of sulfonamides is 1. The predicted molar refractivity (Wildman–Crippen MR) is 103 cm³/mol. The normalized spacial score (nSPS) is 18.6. The minimum absolute atomic E-state index is 0.102. The molecule has 26 heavy (non-hydrogen) atoms. The van der Waals surface area contributed by atoms with Gasteiger partial charge in [-0.3, -0.25) is 4.79 Å². The smallest absolute Gasteiger partial charge is 0.243 e. The Kier molecular flexibility index (Phi) is 6.11. The van der Waals surface area contributed by atoms with Gasteiger partial charge in [-0.1, -0.05) is 30.2 Å². The Morgan fingerprint density at radius 3 is 2.69 bits per heavy atom. The van der Waals surface area contributed by atoms with Gasteiger partial charge in [-0.15, -0.1) is 11.3 Å². The van der Waals surface area contributed by atoms with Gasteiger partial charge in [0.1, 0.15) is 0 Å². The summed E-state index contributed by atoms with van der Waals surface area (Å²) in [6.07, 6.45) is 2.70. The summed E-state index contributed by atoms with van der Waals surface area (Å²) in [6, 6.07) is 10.5. The zero-order valence-corrected chi connectivity index (χ0v) is 16.5. The van der Waals surface area contributed by atoms with E-state index in [9.17, 15) is 13.2 Å². The van der Waals surface area contributed by atoms with Crippen molar-refractivity contribution in [2.75, 3.05) is 6.54 Å². The second-order valence-electron chi connectivity index (χ2n) is 6.64. The number of thiophene rings is 1. The van der Waals surface area contributed by atoms with E-state index in [2.05, 4.69) is 5.32 Å². The lowest BCUT2D eigenvalue weighted by molar-refractivity contribution is -0.122. The van der Waals surface area contributed by atoms with Crippen molar-refractivity contribution in [3.05, 3.63) is 52.2 Å². The third-order valence-corrected chi connectivity index (χ3v) is 7.50. The van der Waals surface area contributed by atoms with Gasteiger partial charge < -0.3 is 5.32 Å². The van der Waals surface area contributed by atoms with Crippen LogP contribution < -0.4 is 5.32 Å². The highest BCUT2D eigenvalue weighted by atomic mass is 32.2. The molecule has 1 fully saturated rings. The minimum atomic E-state index is -3.58. The number of nitrogens with zero attached hydrogens (tertiary/aromatic N) is 1. The van der Waals surface area contributed by atoms with Crippen molar-refractivity contribution in [2.24, 2.45) is 0 Å². The molecule has 2 heterocycles. The molecule has 1 unspecified atom stereocenters. The highest BCUT2D eigenvalue weighted by Crippen LogP contribution is 2.27. The summed E-state index contributed by atoms with van der Waals surface area (Å²) in [4.78, 5) is 13.7. The van der Waals surface area contributed by atoms with Crippen molar-refractivity contribution in [2.45, 2.75) is 50.1 Å². The first-order valence-corrected chi connectivity index (χ1v) is 11.2. The number of piperidine rings is 1. The average molecular weight is 393 g/mol. The summed E-state index contributed by atoms with van der Waals surface area (Å²) in [7, 11) is -3.58. The third kappa shape index (κ3) is 4.52. The van der Waals surface area contributed by atoms with Gasteiger partial charge >= 0.3 is 0 Å². The molecule has 0 spiro atoms. The summed E-state index contributed by atoms with van der Waals surface area (Å²) >= 11 is 1.59. The van der Waals surface area contributed by atoms with E-state index in [0.29, 0.717) is 18.0 Å². The van der Waals surface area contributed by atoms with Crippen LogP contribution in [0.1, 0.15) is 36.1 Å². The molecule has 5 nitrogen and oxygen atoms in total. The summed E-state index contributed by atoms with van der Waals surface area (Å²) < 4.78 is 27.6. The molecule has 1 N–H and O–H groups in total. The molecule has 0 bridgehead atoms. The van der Waals surface area contributed by atoms with Crippen molar-refractivity contribution < 1.29 is 13.2 Å². The summed E-state index contributed by atoms with van der Waals surface area (Å²) in [5.41, 5.74) is 1.02. The molecule has 7 heteroatoms. The maximum absolute atomic E-state index is 13.0. The first-order valence-electron chi connectivity index (χ1n) is 8.84. The standard InChI is InChI=1S/C19H24N2O3S2/c1-15-7-9-18(10-8-15)26(23,24)21-11-3-2-5-16(21)13-19(22)20-14-17-6-4-12-25-17/h4,6-10,12,16H,2-3,5,11,13-14H2,1H3,(H,20,22). The lowest BCUT2D eigenvalue weighted by Crippen LogP contribution is -2.45. The number of nitrogens with one attached hydrogen (secondary N) is 1. The molecule has 2 aromatic rings. The quantitative estimate of drug-likeness (QED) is 0.820. The SMILES string of the molecule is Cc1ccc(S(=O)(=O)N2CCCCC2CC(=O)NCc2cccs2)cc1. The zero-order chi connectivity index (χ0) is 18.6. The van der Waals surface area contributed by atoms with Crippen molar-refractivity contribution in [1.82, 2.24) is 9.62 Å². The lowest BCUT2D eigenvalue weighted by Gasteiger charge is -2.34. The molecule has 1 aromatic carbocycles. The Balaban J connectivity index is 1.68. The van der Waals surface area contributed by atoms with E-state index >= 15 is 0 Å². The van der Waals surface area contributed by atoms with E-state index in [1.807, 2.05) is 24.4 Å². The summed E-state index contributed by atoms with van der Waals surface area (Å²) in [5, 5.41) is 4.87. The van der Waals surface area contributed by atoms with Gasteiger partial charge in [0, 0.05) is 23.9 Å². The van der Waals surface area contributed by atoms with E-state index in [1.165, 1.54) is 4.31 Å². The summed E-state index contributed by atoms with van der Waals surface area (Å²) in [6.45, 7) is 2.89. The number of aryl methyl sites for hydroxylation is 1. The van der Waals surface area contributed by atoms with Crippen LogP contribution in [0.5, 0.6) is 0 Å². The highest BCUT2D eigenvalue weighted by molar-refractivity contribution is 7.89.